The van der Waals surface area contributed by atoms with Gasteiger partial charge in [0.1, 0.15) is 5.52 Å². The van der Waals surface area contributed by atoms with Crippen LogP contribution in [0, 0.1) is 0 Å². The summed E-state index contributed by atoms with van der Waals surface area (Å²) >= 11 is 0. The third-order valence-corrected chi connectivity index (χ3v) is 5.82. The number of aryl methyl sites for hydroxylation is 1. The largest absolute Gasteiger partial charge is 0.430 e. The minimum Gasteiger partial charge on any atom is -0.430 e. The highest BCUT2D eigenvalue weighted by Crippen LogP contribution is 2.31. The second kappa shape index (κ2) is 8.27. The fourth-order valence-electron chi connectivity index (χ4n) is 4.08. The van der Waals surface area contributed by atoms with E-state index in [1.54, 1.807) is 10.9 Å². The second-order valence-electron chi connectivity index (χ2n) is 8.82. The molecule has 0 radical (unpaired) electrons. The number of hydrogen-bond donors (Lipinski definition) is 0. The van der Waals surface area contributed by atoms with Crippen LogP contribution in [0.5, 0.6) is 0 Å². The molecular formula is C23H31N3O3. The van der Waals surface area contributed by atoms with E-state index in [9.17, 15) is 4.79 Å². The number of ether oxygens (including phenoxy) is 1. The fraction of sp³-hybridized carbons (Fsp3) is 0.609. The number of aromatic nitrogens is 3. The average molecular weight is 398 g/mol. The first-order valence-electron chi connectivity index (χ1n) is 10.9. The molecule has 0 atom stereocenters. The molecule has 1 aliphatic rings. The molecule has 4 rings (SSSR count). The predicted molar refractivity (Wildman–Crippen MR) is 114 cm³/mol. The number of fused-ring (bicyclic) bond motifs is 4. The Hall–Kier alpha value is -2.21. The van der Waals surface area contributed by atoms with Gasteiger partial charge in [-0.05, 0) is 26.3 Å². The van der Waals surface area contributed by atoms with Crippen molar-refractivity contribution in [3.8, 4) is 0 Å². The Morgan fingerprint density at radius 2 is 1.90 bits per heavy atom. The summed E-state index contributed by atoms with van der Waals surface area (Å²) in [5, 5.41) is 0.794. The highest BCUT2D eigenvalue weighted by molar-refractivity contribution is 6.00. The Labute approximate surface area is 171 Å². The number of hydrogen-bond acceptors (Lipinski definition) is 5. The van der Waals surface area contributed by atoms with Gasteiger partial charge in [-0.3, -0.25) is 9.36 Å². The molecule has 6 nitrogen and oxygen atoms in total. The van der Waals surface area contributed by atoms with Crippen LogP contribution in [0.15, 0.2) is 21.6 Å². The molecular weight excluding hydrogens is 366 g/mol. The van der Waals surface area contributed by atoms with Gasteiger partial charge in [-0.25, -0.2) is 9.97 Å². The lowest BCUT2D eigenvalue weighted by Gasteiger charge is -2.30. The molecule has 0 aromatic carbocycles. The van der Waals surface area contributed by atoms with E-state index < -0.39 is 0 Å². The maximum atomic E-state index is 12.9. The van der Waals surface area contributed by atoms with E-state index >= 15 is 0 Å². The van der Waals surface area contributed by atoms with Gasteiger partial charge >= 0.3 is 0 Å². The van der Waals surface area contributed by atoms with Crippen molar-refractivity contribution in [1.82, 2.24) is 14.5 Å². The van der Waals surface area contributed by atoms with Crippen molar-refractivity contribution in [2.75, 3.05) is 0 Å². The summed E-state index contributed by atoms with van der Waals surface area (Å²) in [6.45, 7) is 7.55. The molecule has 3 aromatic rings. The number of pyridine rings is 1. The van der Waals surface area contributed by atoms with Crippen molar-refractivity contribution in [1.29, 1.82) is 0 Å². The summed E-state index contributed by atoms with van der Waals surface area (Å²) in [5.74, 6) is 0. The Balaban J connectivity index is 1.53. The highest BCUT2D eigenvalue weighted by atomic mass is 16.5. The van der Waals surface area contributed by atoms with Crippen LogP contribution in [0.25, 0.3) is 22.2 Å². The Morgan fingerprint density at radius 1 is 1.14 bits per heavy atom. The molecule has 0 unspecified atom stereocenters. The van der Waals surface area contributed by atoms with Gasteiger partial charge in [0.25, 0.3) is 5.56 Å². The molecule has 0 fully saturated rings. The summed E-state index contributed by atoms with van der Waals surface area (Å²) in [6, 6.07) is 2.02. The Kier molecular flexibility index (Phi) is 5.72. The van der Waals surface area contributed by atoms with Gasteiger partial charge in [0, 0.05) is 18.5 Å². The average Bonchev–Trinajstić information content (AvgIpc) is 3.05. The van der Waals surface area contributed by atoms with Crippen molar-refractivity contribution in [2.45, 2.75) is 90.9 Å². The van der Waals surface area contributed by atoms with Gasteiger partial charge in [0.2, 0.25) is 11.3 Å². The lowest BCUT2D eigenvalue weighted by molar-refractivity contribution is -0.0411. The van der Waals surface area contributed by atoms with Crippen molar-refractivity contribution in [2.24, 2.45) is 0 Å². The Morgan fingerprint density at radius 3 is 2.69 bits per heavy atom. The lowest BCUT2D eigenvalue weighted by Crippen LogP contribution is -2.32. The van der Waals surface area contributed by atoms with E-state index in [4.69, 9.17) is 14.1 Å². The fourth-order valence-corrected chi connectivity index (χ4v) is 4.08. The quantitative estimate of drug-likeness (QED) is 0.492. The van der Waals surface area contributed by atoms with Gasteiger partial charge in [-0.2, -0.15) is 0 Å². The number of rotatable bonds is 8. The van der Waals surface area contributed by atoms with E-state index in [1.807, 2.05) is 6.07 Å². The minimum absolute atomic E-state index is 0.117. The van der Waals surface area contributed by atoms with Crippen LogP contribution in [-0.4, -0.2) is 20.1 Å². The molecule has 6 heteroatoms. The molecule has 0 saturated heterocycles. The normalized spacial score (nSPS) is 15.8. The van der Waals surface area contributed by atoms with Gasteiger partial charge in [0.05, 0.1) is 29.6 Å². The third-order valence-electron chi connectivity index (χ3n) is 5.82. The molecule has 0 amide bonds. The Bertz CT molecular complexity index is 1060. The van der Waals surface area contributed by atoms with Gasteiger partial charge in [0.15, 0.2) is 0 Å². The summed E-state index contributed by atoms with van der Waals surface area (Å²) in [7, 11) is 0. The zero-order chi connectivity index (χ0) is 20.4. The maximum Gasteiger partial charge on any atom is 0.297 e. The van der Waals surface area contributed by atoms with Gasteiger partial charge in [-0.1, -0.05) is 45.4 Å². The van der Waals surface area contributed by atoms with E-state index in [0.29, 0.717) is 30.0 Å². The molecule has 4 heterocycles. The van der Waals surface area contributed by atoms with E-state index in [0.717, 1.165) is 35.9 Å². The van der Waals surface area contributed by atoms with Crippen molar-refractivity contribution in [3.63, 3.8) is 0 Å². The van der Waals surface area contributed by atoms with Crippen molar-refractivity contribution >= 4 is 22.2 Å². The first-order chi connectivity index (χ1) is 14.0. The third kappa shape index (κ3) is 4.22. The van der Waals surface area contributed by atoms with E-state index in [2.05, 4.69) is 25.8 Å². The first-order valence-corrected chi connectivity index (χ1v) is 10.9. The monoisotopic (exact) mass is 397 g/mol. The molecule has 0 spiro atoms. The number of unbranched alkanes of at least 4 members (excludes halogenated alkanes) is 6. The summed E-state index contributed by atoms with van der Waals surface area (Å²) < 4.78 is 13.5. The minimum atomic E-state index is -0.235. The van der Waals surface area contributed by atoms with Crippen molar-refractivity contribution < 1.29 is 9.15 Å². The van der Waals surface area contributed by atoms with Crippen LogP contribution in [-0.2, 0) is 24.3 Å². The predicted octanol–water partition coefficient (Wildman–Crippen LogP) is 5.14. The van der Waals surface area contributed by atoms with E-state index in [1.165, 1.54) is 32.1 Å². The van der Waals surface area contributed by atoms with Crippen LogP contribution in [0.1, 0.15) is 77.0 Å². The summed E-state index contributed by atoms with van der Waals surface area (Å²) in [6.07, 6.45) is 10.9. The molecule has 0 N–H and O–H groups in total. The summed E-state index contributed by atoms with van der Waals surface area (Å²) in [5.41, 5.74) is 3.08. The van der Waals surface area contributed by atoms with Crippen molar-refractivity contribution in [3.05, 3.63) is 34.0 Å². The smallest absolute Gasteiger partial charge is 0.297 e. The topological polar surface area (TPSA) is 70.2 Å². The molecule has 0 bridgehead atoms. The summed E-state index contributed by atoms with van der Waals surface area (Å²) in [4.78, 5) is 22.1. The molecule has 0 saturated carbocycles. The van der Waals surface area contributed by atoms with Gasteiger partial charge < -0.3 is 9.15 Å². The second-order valence-corrected chi connectivity index (χ2v) is 8.82. The zero-order valence-electron chi connectivity index (χ0n) is 17.8. The lowest BCUT2D eigenvalue weighted by atomic mass is 9.95. The number of furan rings is 1. The zero-order valence-corrected chi connectivity index (χ0v) is 17.8. The van der Waals surface area contributed by atoms with Crippen LogP contribution < -0.4 is 5.56 Å². The first kappa shape index (κ1) is 20.1. The standard InChI is InChI=1S/C23H31N3O3/c1-4-5-6-7-8-9-10-11-26-15-24-19-17-12-16-14-28-23(2,3)13-18(16)25-21(17)29-20(19)22(26)27/h12,15H,4-11,13-14H2,1-3H3. The number of nitrogens with zero attached hydrogens (tertiary/aromatic N) is 3. The van der Waals surface area contributed by atoms with Crippen LogP contribution in [0.3, 0.4) is 0 Å². The van der Waals surface area contributed by atoms with Crippen LogP contribution in [0.2, 0.25) is 0 Å². The SMILES string of the molecule is CCCCCCCCCn1cnc2c(oc3nc4c(cc32)COC(C)(C)C4)c1=O. The molecule has 1 aliphatic heterocycles. The van der Waals surface area contributed by atoms with Crippen LogP contribution in [0.4, 0.5) is 0 Å². The maximum absolute atomic E-state index is 12.9. The molecule has 29 heavy (non-hydrogen) atoms. The highest BCUT2D eigenvalue weighted by Gasteiger charge is 2.28. The van der Waals surface area contributed by atoms with Crippen LogP contribution >= 0.6 is 0 Å². The molecule has 0 aliphatic carbocycles. The molecule has 3 aromatic heterocycles. The van der Waals surface area contributed by atoms with Gasteiger partial charge in [-0.15, -0.1) is 0 Å². The molecule has 156 valence electrons. The van der Waals surface area contributed by atoms with E-state index in [-0.39, 0.29) is 11.2 Å².